The van der Waals surface area contributed by atoms with Gasteiger partial charge in [0.05, 0.1) is 15.6 Å². The molecule has 1 aliphatic carbocycles. The molecule has 5 aromatic carbocycles. The van der Waals surface area contributed by atoms with E-state index >= 15 is 0 Å². The van der Waals surface area contributed by atoms with Crippen molar-refractivity contribution in [2.45, 2.75) is 49.9 Å². The third-order valence-corrected chi connectivity index (χ3v) is 12.5. The number of aryl methyl sites for hydroxylation is 2. The second-order valence-corrected chi connectivity index (χ2v) is 16.2. The smallest absolute Gasteiger partial charge is 0.262 e. The van der Waals surface area contributed by atoms with Crippen molar-refractivity contribution in [3.63, 3.8) is 0 Å². The molecule has 0 amide bonds. The summed E-state index contributed by atoms with van der Waals surface area (Å²) >= 11 is 3.75. The Kier molecular flexibility index (Phi) is 10.6. The molecule has 2 aliphatic rings. The molecule has 8 heteroatoms. The van der Waals surface area contributed by atoms with Crippen molar-refractivity contribution in [3.8, 4) is 0 Å². The molecule has 262 valence electrons. The van der Waals surface area contributed by atoms with Crippen LogP contribution in [0.5, 0.6) is 0 Å². The van der Waals surface area contributed by atoms with Crippen molar-refractivity contribution in [3.05, 3.63) is 166 Å². The number of allylic oxidation sites excluding steroid dienone is 6. The molecular weight excluding hydrogens is 701 g/mol. The average Bonchev–Trinajstić information content (AvgIpc) is 3.85. The molecule has 0 saturated heterocycles. The van der Waals surface area contributed by atoms with Gasteiger partial charge in [-0.25, -0.2) is 8.42 Å². The van der Waals surface area contributed by atoms with Gasteiger partial charge in [-0.2, -0.15) is 4.57 Å². The Bertz CT molecular complexity index is 2500. The number of hydrogen-bond donors (Lipinski definition) is 0. The zero-order chi connectivity index (χ0) is 36.2. The lowest BCUT2D eigenvalue weighted by Gasteiger charge is -2.17. The van der Waals surface area contributed by atoms with Crippen LogP contribution in [0.25, 0.3) is 32.6 Å². The Hall–Kier alpha value is -4.73. The molecule has 0 bridgehead atoms. The lowest BCUT2D eigenvalue weighted by molar-refractivity contribution is -0.665. The minimum atomic E-state index is -4.27. The van der Waals surface area contributed by atoms with Crippen molar-refractivity contribution in [2.75, 3.05) is 11.4 Å². The fraction of sp³-hybridized carbons (Fsp3) is 0.159. The highest BCUT2D eigenvalue weighted by atomic mass is 32.2. The van der Waals surface area contributed by atoms with Crippen LogP contribution < -0.4 is 9.47 Å². The van der Waals surface area contributed by atoms with Gasteiger partial charge in [0.1, 0.15) is 21.4 Å². The maximum atomic E-state index is 10.4. The van der Waals surface area contributed by atoms with E-state index in [2.05, 4.69) is 139 Å². The van der Waals surface area contributed by atoms with Crippen molar-refractivity contribution >= 4 is 71.5 Å². The second-order valence-electron chi connectivity index (χ2n) is 12.7. The zero-order valence-electron chi connectivity index (χ0n) is 29.5. The maximum Gasteiger partial charge on any atom is 0.262 e. The van der Waals surface area contributed by atoms with Crippen LogP contribution in [0.4, 0.5) is 5.69 Å². The van der Waals surface area contributed by atoms with E-state index in [1.165, 1.54) is 76.0 Å². The number of rotatable bonds is 7. The molecular formula is C44H40N2O3S3. The summed E-state index contributed by atoms with van der Waals surface area (Å²) in [6, 6.07) is 38.8. The van der Waals surface area contributed by atoms with Crippen LogP contribution in [0.2, 0.25) is 0 Å². The van der Waals surface area contributed by atoms with Crippen LogP contribution in [-0.4, -0.2) is 19.5 Å². The van der Waals surface area contributed by atoms with Gasteiger partial charge in [0.15, 0.2) is 0 Å². The first-order valence-corrected chi connectivity index (χ1v) is 20.6. The Morgan fingerprint density at radius 2 is 1.54 bits per heavy atom. The van der Waals surface area contributed by atoms with Gasteiger partial charge in [0, 0.05) is 23.6 Å². The molecule has 6 aromatic rings. The maximum absolute atomic E-state index is 10.4. The highest BCUT2D eigenvalue weighted by Gasteiger charge is 2.25. The number of thiazole rings is 1. The summed E-state index contributed by atoms with van der Waals surface area (Å²) in [7, 11) is -4.27. The SMILES string of the molecule is CCN1/C(=C/C=C2\CCC(/C=C/c3sc4ccccc4[n+]3CC)=C2c2cccc3ccccc23)Sc2ccccc21.Cc1ccc(S(=O)(=O)[O-])cc1. The molecule has 0 atom stereocenters. The fourth-order valence-corrected chi connectivity index (χ4v) is 9.63. The van der Waals surface area contributed by atoms with E-state index < -0.39 is 10.1 Å². The molecule has 0 N–H and O–H groups in total. The third kappa shape index (κ3) is 7.43. The van der Waals surface area contributed by atoms with Gasteiger partial charge in [0.25, 0.3) is 5.01 Å². The predicted molar refractivity (Wildman–Crippen MR) is 217 cm³/mol. The average molecular weight is 741 g/mol. The first kappa shape index (κ1) is 35.7. The molecule has 1 aromatic heterocycles. The van der Waals surface area contributed by atoms with E-state index in [1.54, 1.807) is 12.1 Å². The minimum Gasteiger partial charge on any atom is -0.744 e. The van der Waals surface area contributed by atoms with Crippen molar-refractivity contribution in [1.82, 2.24) is 0 Å². The van der Waals surface area contributed by atoms with E-state index in [4.69, 9.17) is 0 Å². The molecule has 2 heterocycles. The first-order valence-electron chi connectivity index (χ1n) is 17.5. The summed E-state index contributed by atoms with van der Waals surface area (Å²) < 4.78 is 34.9. The lowest BCUT2D eigenvalue weighted by Crippen LogP contribution is -2.33. The van der Waals surface area contributed by atoms with Gasteiger partial charge >= 0.3 is 0 Å². The summed E-state index contributed by atoms with van der Waals surface area (Å²) in [5.41, 5.74) is 9.12. The normalized spacial score (nSPS) is 16.0. The van der Waals surface area contributed by atoms with Gasteiger partial charge in [0.2, 0.25) is 5.52 Å². The molecule has 0 radical (unpaired) electrons. The fourth-order valence-electron chi connectivity index (χ4n) is 6.90. The number of nitrogens with zero attached hydrogens (tertiary/aromatic N) is 2. The number of fused-ring (bicyclic) bond motifs is 3. The van der Waals surface area contributed by atoms with Gasteiger partial charge in [-0.15, -0.1) is 0 Å². The standard InChI is InChI=1S/C37H33N2S2.C7H8O3S/c1-3-38-31-16-7-9-18-33(31)40-35(38)24-22-27-20-21-28(37(27)30-15-11-13-26-12-5-6-14-29(26)30)23-25-36-39(4-2)32-17-8-10-19-34(32)41-36;1-6-2-4-7(5-3-6)11(8,9)10/h5-19,22-25H,3-4,20-21H2,1-2H3;2-5H,1H3,(H,8,9,10)/q+1;/p-1. The van der Waals surface area contributed by atoms with Gasteiger partial charge in [-0.05, 0) is 103 Å². The summed E-state index contributed by atoms with van der Waals surface area (Å²) in [4.78, 5) is 3.59. The molecule has 1 aliphatic heterocycles. The van der Waals surface area contributed by atoms with Gasteiger partial charge in [-0.3, -0.25) is 0 Å². The number of benzene rings is 5. The van der Waals surface area contributed by atoms with E-state index in [0.717, 1.165) is 31.5 Å². The monoisotopic (exact) mass is 740 g/mol. The van der Waals surface area contributed by atoms with Crippen LogP contribution in [0, 0.1) is 6.92 Å². The molecule has 52 heavy (non-hydrogen) atoms. The Labute approximate surface area is 314 Å². The molecule has 5 nitrogen and oxygen atoms in total. The number of hydrogen-bond acceptors (Lipinski definition) is 6. The largest absolute Gasteiger partial charge is 0.744 e. The molecule has 0 saturated carbocycles. The summed E-state index contributed by atoms with van der Waals surface area (Å²) in [6.45, 7) is 8.22. The van der Waals surface area contributed by atoms with Crippen LogP contribution in [0.1, 0.15) is 42.8 Å². The number of aromatic nitrogens is 1. The Morgan fingerprint density at radius 3 is 2.33 bits per heavy atom. The van der Waals surface area contributed by atoms with Crippen LogP contribution in [-0.2, 0) is 16.7 Å². The first-order chi connectivity index (χ1) is 25.2. The van der Waals surface area contributed by atoms with E-state index in [-0.39, 0.29) is 4.90 Å². The van der Waals surface area contributed by atoms with E-state index in [1.807, 2.05) is 30.0 Å². The van der Waals surface area contributed by atoms with Crippen molar-refractivity contribution < 1.29 is 17.5 Å². The molecule has 0 fully saturated rings. The molecule has 0 spiro atoms. The van der Waals surface area contributed by atoms with Gasteiger partial charge in [-0.1, -0.05) is 120 Å². The number of thioether (sulfide) groups is 1. The number of anilines is 1. The summed E-state index contributed by atoms with van der Waals surface area (Å²) in [6.07, 6.45) is 11.6. The summed E-state index contributed by atoms with van der Waals surface area (Å²) in [5, 5.41) is 5.21. The predicted octanol–water partition coefficient (Wildman–Crippen LogP) is 10.9. The molecule has 0 unspecified atom stereocenters. The molecule has 8 rings (SSSR count). The van der Waals surface area contributed by atoms with Crippen LogP contribution in [0.3, 0.4) is 0 Å². The van der Waals surface area contributed by atoms with Gasteiger partial charge < -0.3 is 9.45 Å². The van der Waals surface area contributed by atoms with E-state index in [0.29, 0.717) is 0 Å². The topological polar surface area (TPSA) is 64.3 Å². The van der Waals surface area contributed by atoms with Crippen LogP contribution in [0.15, 0.2) is 159 Å². The Morgan fingerprint density at radius 1 is 0.808 bits per heavy atom. The number of para-hydroxylation sites is 2. The second kappa shape index (κ2) is 15.5. The summed E-state index contributed by atoms with van der Waals surface area (Å²) in [5.74, 6) is 0. The van der Waals surface area contributed by atoms with Crippen molar-refractivity contribution in [2.24, 2.45) is 0 Å². The third-order valence-electron chi connectivity index (χ3n) is 9.43. The zero-order valence-corrected chi connectivity index (χ0v) is 31.9. The quantitative estimate of drug-likeness (QED) is 0.120. The van der Waals surface area contributed by atoms with Crippen LogP contribution >= 0.6 is 23.1 Å². The minimum absolute atomic E-state index is 0.178. The highest BCUT2D eigenvalue weighted by Crippen LogP contribution is 2.47. The highest BCUT2D eigenvalue weighted by molar-refractivity contribution is 8.03. The lowest BCUT2D eigenvalue weighted by atomic mass is 9.93. The van der Waals surface area contributed by atoms with E-state index in [9.17, 15) is 13.0 Å². The Balaban J connectivity index is 0.000000329. The van der Waals surface area contributed by atoms with Crippen molar-refractivity contribution in [1.29, 1.82) is 0 Å².